The fourth-order valence-electron chi connectivity index (χ4n) is 1.61. The van der Waals surface area contributed by atoms with Gasteiger partial charge in [-0.1, -0.05) is 11.6 Å². The molecule has 0 saturated carbocycles. The lowest BCUT2D eigenvalue weighted by atomic mass is 10.2. The fourth-order valence-corrected chi connectivity index (χ4v) is 1.80. The number of amides is 1. The largest absolute Gasteiger partial charge is 0.493 e. The molecule has 0 bridgehead atoms. The van der Waals surface area contributed by atoms with Gasteiger partial charge in [-0.25, -0.2) is 9.18 Å². The van der Waals surface area contributed by atoms with Crippen molar-refractivity contribution in [1.82, 2.24) is 5.32 Å². The summed E-state index contributed by atoms with van der Waals surface area (Å²) in [5.41, 5.74) is 0.434. The second-order valence-corrected chi connectivity index (χ2v) is 4.58. The lowest BCUT2D eigenvalue weighted by molar-refractivity contribution is 0.194. The quantitative estimate of drug-likeness (QED) is 0.645. The molecule has 0 saturated heterocycles. The summed E-state index contributed by atoms with van der Waals surface area (Å²) in [5, 5.41) is 19.7. The zero-order chi connectivity index (χ0) is 15.0. The molecule has 0 fully saturated rings. The van der Waals surface area contributed by atoms with Gasteiger partial charge in [0.05, 0.1) is 18.2 Å². The van der Waals surface area contributed by atoms with Crippen molar-refractivity contribution in [3.63, 3.8) is 0 Å². The number of benzene rings is 1. The number of ether oxygens (including phenoxy) is 1. The molecule has 5 nitrogen and oxygen atoms in total. The van der Waals surface area contributed by atoms with Crippen molar-refractivity contribution < 1.29 is 24.1 Å². The first-order chi connectivity index (χ1) is 9.54. The van der Waals surface area contributed by atoms with Crippen molar-refractivity contribution in [1.29, 1.82) is 0 Å². The van der Waals surface area contributed by atoms with Gasteiger partial charge in [0.1, 0.15) is 11.6 Å². The SMILES string of the molecule is O=C(O)NCCCCCOc1cc(F)c(Cl)cc1CO. The van der Waals surface area contributed by atoms with Gasteiger partial charge >= 0.3 is 6.09 Å². The monoisotopic (exact) mass is 305 g/mol. The maximum atomic E-state index is 13.3. The number of hydrogen-bond donors (Lipinski definition) is 3. The van der Waals surface area contributed by atoms with E-state index in [2.05, 4.69) is 5.32 Å². The maximum absolute atomic E-state index is 13.3. The topological polar surface area (TPSA) is 78.8 Å². The Morgan fingerprint density at radius 2 is 2.10 bits per heavy atom. The molecule has 0 aliphatic rings. The van der Waals surface area contributed by atoms with Gasteiger partial charge < -0.3 is 20.3 Å². The molecule has 0 aliphatic carbocycles. The van der Waals surface area contributed by atoms with Crippen molar-refractivity contribution in [3.8, 4) is 5.75 Å². The molecule has 1 rings (SSSR count). The molecule has 0 aliphatic heterocycles. The zero-order valence-electron chi connectivity index (χ0n) is 10.9. The predicted molar refractivity (Wildman–Crippen MR) is 72.7 cm³/mol. The van der Waals surface area contributed by atoms with Crippen molar-refractivity contribution >= 4 is 17.7 Å². The molecular formula is C13H17ClFNO4. The van der Waals surface area contributed by atoms with Gasteiger partial charge in [-0.3, -0.25) is 0 Å². The molecule has 112 valence electrons. The van der Waals surface area contributed by atoms with E-state index in [4.69, 9.17) is 26.6 Å². The van der Waals surface area contributed by atoms with Crippen LogP contribution in [0.4, 0.5) is 9.18 Å². The Morgan fingerprint density at radius 3 is 2.75 bits per heavy atom. The molecular weight excluding hydrogens is 289 g/mol. The third kappa shape index (κ3) is 5.63. The van der Waals surface area contributed by atoms with Gasteiger partial charge in [-0.15, -0.1) is 0 Å². The Balaban J connectivity index is 2.31. The normalized spacial score (nSPS) is 10.3. The van der Waals surface area contributed by atoms with Gasteiger partial charge in [0.2, 0.25) is 0 Å². The van der Waals surface area contributed by atoms with Gasteiger partial charge in [0, 0.05) is 18.2 Å². The number of carboxylic acid groups (broad SMARTS) is 1. The summed E-state index contributed by atoms with van der Waals surface area (Å²) >= 11 is 5.61. The van der Waals surface area contributed by atoms with Crippen LogP contribution in [0.5, 0.6) is 5.75 Å². The van der Waals surface area contributed by atoms with E-state index >= 15 is 0 Å². The molecule has 0 atom stereocenters. The Morgan fingerprint density at radius 1 is 1.35 bits per heavy atom. The molecule has 0 aromatic heterocycles. The molecule has 0 spiro atoms. The Hall–Kier alpha value is -1.53. The number of nitrogens with one attached hydrogen (secondary N) is 1. The van der Waals surface area contributed by atoms with Crippen LogP contribution in [-0.2, 0) is 6.61 Å². The molecule has 1 aromatic rings. The summed E-state index contributed by atoms with van der Waals surface area (Å²) in [4.78, 5) is 10.2. The van der Waals surface area contributed by atoms with E-state index in [-0.39, 0.29) is 17.4 Å². The Labute approximate surface area is 121 Å². The van der Waals surface area contributed by atoms with Crippen molar-refractivity contribution in [2.24, 2.45) is 0 Å². The molecule has 3 N–H and O–H groups in total. The van der Waals surface area contributed by atoms with Crippen LogP contribution in [0.25, 0.3) is 0 Å². The van der Waals surface area contributed by atoms with E-state index in [1.54, 1.807) is 0 Å². The third-order valence-electron chi connectivity index (χ3n) is 2.63. The minimum Gasteiger partial charge on any atom is -0.493 e. The molecule has 1 amide bonds. The van der Waals surface area contributed by atoms with E-state index in [0.717, 1.165) is 12.5 Å². The second kappa shape index (κ2) is 8.60. The van der Waals surface area contributed by atoms with Crippen LogP contribution in [0.2, 0.25) is 5.02 Å². The smallest absolute Gasteiger partial charge is 0.404 e. The number of carbonyl (C=O) groups is 1. The van der Waals surface area contributed by atoms with Crippen LogP contribution in [0.3, 0.4) is 0 Å². The van der Waals surface area contributed by atoms with E-state index < -0.39 is 11.9 Å². The van der Waals surface area contributed by atoms with Crippen molar-refractivity contribution in [2.75, 3.05) is 13.2 Å². The summed E-state index contributed by atoms with van der Waals surface area (Å²) in [5.74, 6) is -0.317. The number of hydrogen-bond acceptors (Lipinski definition) is 3. The van der Waals surface area contributed by atoms with Crippen LogP contribution in [0, 0.1) is 5.82 Å². The average Bonchev–Trinajstić information content (AvgIpc) is 2.40. The molecule has 0 unspecified atom stereocenters. The number of aliphatic hydroxyl groups is 1. The third-order valence-corrected chi connectivity index (χ3v) is 2.92. The number of aliphatic hydroxyl groups excluding tert-OH is 1. The molecule has 7 heteroatoms. The van der Waals surface area contributed by atoms with E-state index in [1.807, 2.05) is 0 Å². The second-order valence-electron chi connectivity index (χ2n) is 4.17. The van der Waals surface area contributed by atoms with Crippen LogP contribution in [0.1, 0.15) is 24.8 Å². The zero-order valence-corrected chi connectivity index (χ0v) is 11.6. The molecule has 0 radical (unpaired) electrons. The average molecular weight is 306 g/mol. The first kappa shape index (κ1) is 16.5. The summed E-state index contributed by atoms with van der Waals surface area (Å²) in [7, 11) is 0. The highest BCUT2D eigenvalue weighted by Crippen LogP contribution is 2.26. The van der Waals surface area contributed by atoms with Crippen LogP contribution in [-0.4, -0.2) is 29.5 Å². The number of unbranched alkanes of at least 4 members (excludes halogenated alkanes) is 2. The summed E-state index contributed by atoms with van der Waals surface area (Å²) in [6.07, 6.45) is 1.16. The van der Waals surface area contributed by atoms with Crippen LogP contribution >= 0.6 is 11.6 Å². The lowest BCUT2D eigenvalue weighted by Gasteiger charge is -2.11. The minimum absolute atomic E-state index is 0.0545. The van der Waals surface area contributed by atoms with E-state index in [1.165, 1.54) is 6.07 Å². The lowest BCUT2D eigenvalue weighted by Crippen LogP contribution is -2.21. The van der Waals surface area contributed by atoms with E-state index in [0.29, 0.717) is 31.6 Å². The van der Waals surface area contributed by atoms with Gasteiger partial charge in [-0.05, 0) is 25.3 Å². The maximum Gasteiger partial charge on any atom is 0.404 e. The highest BCUT2D eigenvalue weighted by Gasteiger charge is 2.09. The summed E-state index contributed by atoms with van der Waals surface area (Å²) < 4.78 is 18.7. The highest BCUT2D eigenvalue weighted by atomic mass is 35.5. The van der Waals surface area contributed by atoms with Crippen molar-refractivity contribution in [3.05, 3.63) is 28.5 Å². The highest BCUT2D eigenvalue weighted by molar-refractivity contribution is 6.30. The number of rotatable bonds is 8. The van der Waals surface area contributed by atoms with Gasteiger partial charge in [0.15, 0.2) is 0 Å². The minimum atomic E-state index is -1.04. The van der Waals surface area contributed by atoms with Gasteiger partial charge in [-0.2, -0.15) is 0 Å². The fraction of sp³-hybridized carbons (Fsp3) is 0.462. The van der Waals surface area contributed by atoms with Crippen LogP contribution < -0.4 is 10.1 Å². The Kier molecular flexibility index (Phi) is 7.11. The first-order valence-corrected chi connectivity index (χ1v) is 6.60. The standard InChI is InChI=1S/C13H17ClFNO4/c14-10-6-9(8-17)12(7-11(10)15)20-5-3-1-2-4-16-13(18)19/h6-7,16-17H,1-5,8H2,(H,18,19). The summed E-state index contributed by atoms with van der Waals surface area (Å²) in [6, 6.07) is 2.49. The van der Waals surface area contributed by atoms with Crippen molar-refractivity contribution in [2.45, 2.75) is 25.9 Å². The summed E-state index contributed by atoms with van der Waals surface area (Å²) in [6.45, 7) is 0.478. The molecule has 20 heavy (non-hydrogen) atoms. The molecule has 1 aromatic carbocycles. The van der Waals surface area contributed by atoms with Crippen LogP contribution in [0.15, 0.2) is 12.1 Å². The first-order valence-electron chi connectivity index (χ1n) is 6.23. The number of halogens is 2. The molecule has 0 heterocycles. The van der Waals surface area contributed by atoms with Gasteiger partial charge in [0.25, 0.3) is 0 Å². The Bertz CT molecular complexity index is 456. The van der Waals surface area contributed by atoms with E-state index in [9.17, 15) is 9.18 Å². The predicted octanol–water partition coefficient (Wildman–Crippen LogP) is 2.79.